The summed E-state index contributed by atoms with van der Waals surface area (Å²) in [5.74, 6) is 0.104. The second-order valence-electron chi connectivity index (χ2n) is 5.13. The van der Waals surface area contributed by atoms with Gasteiger partial charge in [0.1, 0.15) is 0 Å². The Morgan fingerprint density at radius 2 is 1.89 bits per heavy atom. The number of carbonyl (C=O) groups excluding carboxylic acids is 1. The van der Waals surface area contributed by atoms with E-state index in [1.54, 1.807) is 0 Å². The van der Waals surface area contributed by atoms with Crippen molar-refractivity contribution in [1.29, 1.82) is 4.78 Å². The zero-order valence-electron chi connectivity index (χ0n) is 11.7. The molecule has 0 aliphatic rings. The molecular formula is C14H22N2O2S. The first-order valence-corrected chi connectivity index (χ1v) is 8.49. The van der Waals surface area contributed by atoms with Crippen molar-refractivity contribution in [3.8, 4) is 0 Å². The van der Waals surface area contributed by atoms with Gasteiger partial charge in [-0.05, 0) is 11.5 Å². The van der Waals surface area contributed by atoms with Crippen LogP contribution in [0, 0.1) is 10.7 Å². The number of rotatable bonds is 6. The van der Waals surface area contributed by atoms with Gasteiger partial charge < -0.3 is 5.32 Å². The van der Waals surface area contributed by atoms with Crippen LogP contribution in [0.2, 0.25) is 0 Å². The van der Waals surface area contributed by atoms with Crippen molar-refractivity contribution >= 4 is 15.6 Å². The maximum atomic E-state index is 12.2. The molecule has 0 bridgehead atoms. The van der Waals surface area contributed by atoms with E-state index in [9.17, 15) is 9.00 Å². The van der Waals surface area contributed by atoms with Crippen molar-refractivity contribution in [2.24, 2.45) is 5.92 Å². The summed E-state index contributed by atoms with van der Waals surface area (Å²) in [6.45, 7) is 4.29. The molecule has 1 aromatic carbocycles. The van der Waals surface area contributed by atoms with Gasteiger partial charge in [0, 0.05) is 28.3 Å². The van der Waals surface area contributed by atoms with Crippen LogP contribution < -0.4 is 5.32 Å². The average Bonchev–Trinajstić information content (AvgIpc) is 2.28. The van der Waals surface area contributed by atoms with Crippen LogP contribution in [0.25, 0.3) is 0 Å². The van der Waals surface area contributed by atoms with Crippen LogP contribution in [-0.2, 0) is 14.5 Å². The molecule has 1 amide bonds. The Balaban J connectivity index is 2.70. The van der Waals surface area contributed by atoms with Gasteiger partial charge in [0.25, 0.3) is 0 Å². The summed E-state index contributed by atoms with van der Waals surface area (Å²) in [5, 5.41) is 2.78. The van der Waals surface area contributed by atoms with Crippen LogP contribution in [-0.4, -0.2) is 28.7 Å². The van der Waals surface area contributed by atoms with Gasteiger partial charge in [0.2, 0.25) is 5.91 Å². The van der Waals surface area contributed by atoms with Gasteiger partial charge in [-0.2, -0.15) is 0 Å². The van der Waals surface area contributed by atoms with Crippen molar-refractivity contribution in [2.45, 2.75) is 19.8 Å². The molecule has 0 spiro atoms. The fourth-order valence-electron chi connectivity index (χ4n) is 1.98. The molecule has 2 N–H and O–H groups in total. The minimum atomic E-state index is -2.55. The first-order valence-electron chi connectivity index (χ1n) is 6.35. The molecule has 0 saturated heterocycles. The minimum absolute atomic E-state index is 0.0650. The predicted octanol–water partition coefficient (Wildman–Crippen LogP) is 2.22. The number of carbonyl (C=O) groups is 1. The monoisotopic (exact) mass is 282 g/mol. The summed E-state index contributed by atoms with van der Waals surface area (Å²) in [4.78, 5) is 12.2. The number of benzene rings is 1. The SMILES string of the molecule is CC(C)C(C(=O)NCCS(C)(=N)=O)c1ccccc1. The maximum Gasteiger partial charge on any atom is 0.227 e. The third-order valence-corrected chi connectivity index (χ3v) is 3.88. The molecule has 1 rings (SSSR count). The number of nitrogens with one attached hydrogen (secondary N) is 2. The summed E-state index contributed by atoms with van der Waals surface area (Å²) in [7, 11) is -2.55. The Morgan fingerprint density at radius 3 is 2.37 bits per heavy atom. The van der Waals surface area contributed by atoms with Crippen molar-refractivity contribution < 1.29 is 9.00 Å². The number of hydrogen-bond donors (Lipinski definition) is 2. The Bertz CT molecular complexity index is 510. The molecule has 19 heavy (non-hydrogen) atoms. The normalized spacial score (nSPS) is 15.8. The highest BCUT2D eigenvalue weighted by molar-refractivity contribution is 7.91. The lowest BCUT2D eigenvalue weighted by molar-refractivity contribution is -0.123. The highest BCUT2D eigenvalue weighted by atomic mass is 32.2. The van der Waals surface area contributed by atoms with Crippen LogP contribution in [0.1, 0.15) is 25.3 Å². The molecule has 106 valence electrons. The van der Waals surface area contributed by atoms with Gasteiger partial charge in [-0.3, -0.25) is 13.8 Å². The van der Waals surface area contributed by atoms with E-state index in [-0.39, 0.29) is 30.0 Å². The van der Waals surface area contributed by atoms with Gasteiger partial charge >= 0.3 is 0 Å². The van der Waals surface area contributed by atoms with E-state index in [2.05, 4.69) is 5.32 Å². The highest BCUT2D eigenvalue weighted by Gasteiger charge is 2.23. The average molecular weight is 282 g/mol. The second kappa shape index (κ2) is 6.70. The molecule has 0 saturated carbocycles. The molecule has 2 atom stereocenters. The van der Waals surface area contributed by atoms with Gasteiger partial charge in [-0.1, -0.05) is 44.2 Å². The Kier molecular flexibility index (Phi) is 5.54. The van der Waals surface area contributed by atoms with E-state index in [0.29, 0.717) is 0 Å². The zero-order valence-corrected chi connectivity index (χ0v) is 12.5. The van der Waals surface area contributed by atoms with Crippen LogP contribution in [0.4, 0.5) is 0 Å². The fourth-order valence-corrected chi connectivity index (χ4v) is 2.47. The fraction of sp³-hybridized carbons (Fsp3) is 0.500. The van der Waals surface area contributed by atoms with E-state index in [1.807, 2.05) is 44.2 Å². The number of amides is 1. The Hall–Kier alpha value is -1.36. The largest absolute Gasteiger partial charge is 0.355 e. The summed E-state index contributed by atoms with van der Waals surface area (Å²) >= 11 is 0. The Labute approximate surface area is 115 Å². The molecule has 5 heteroatoms. The first kappa shape index (κ1) is 15.7. The van der Waals surface area contributed by atoms with Gasteiger partial charge in [0.05, 0.1) is 5.92 Å². The van der Waals surface area contributed by atoms with E-state index in [1.165, 1.54) is 6.26 Å². The molecule has 0 radical (unpaired) electrons. The Morgan fingerprint density at radius 1 is 1.32 bits per heavy atom. The molecule has 0 aliphatic carbocycles. The van der Waals surface area contributed by atoms with Crippen LogP contribution in [0.15, 0.2) is 30.3 Å². The topological polar surface area (TPSA) is 70.0 Å². The highest BCUT2D eigenvalue weighted by Crippen LogP contribution is 2.24. The lowest BCUT2D eigenvalue weighted by Gasteiger charge is -2.20. The molecule has 0 aromatic heterocycles. The maximum absolute atomic E-state index is 12.2. The quantitative estimate of drug-likeness (QED) is 0.840. The number of hydrogen-bond acceptors (Lipinski definition) is 3. The van der Waals surface area contributed by atoms with Gasteiger partial charge in [0.15, 0.2) is 0 Å². The molecular weight excluding hydrogens is 260 g/mol. The molecule has 4 nitrogen and oxygen atoms in total. The molecule has 2 unspecified atom stereocenters. The lowest BCUT2D eigenvalue weighted by atomic mass is 9.88. The van der Waals surface area contributed by atoms with Gasteiger partial charge in [-0.25, -0.2) is 0 Å². The summed E-state index contributed by atoms with van der Waals surface area (Å²) in [5.41, 5.74) is 0.984. The third kappa shape index (κ3) is 5.42. The van der Waals surface area contributed by atoms with Crippen molar-refractivity contribution in [1.82, 2.24) is 5.32 Å². The molecule has 0 aliphatic heterocycles. The van der Waals surface area contributed by atoms with Crippen molar-refractivity contribution in [2.75, 3.05) is 18.6 Å². The molecule has 0 heterocycles. The predicted molar refractivity (Wildman–Crippen MR) is 78.7 cm³/mol. The second-order valence-corrected chi connectivity index (χ2v) is 7.55. The zero-order chi connectivity index (χ0) is 14.5. The third-order valence-electron chi connectivity index (χ3n) is 2.90. The van der Waals surface area contributed by atoms with Crippen LogP contribution in [0.3, 0.4) is 0 Å². The van der Waals surface area contributed by atoms with Crippen molar-refractivity contribution in [3.63, 3.8) is 0 Å². The lowest BCUT2D eigenvalue weighted by Crippen LogP contribution is -2.34. The van der Waals surface area contributed by atoms with E-state index >= 15 is 0 Å². The molecule has 0 fully saturated rings. The summed E-state index contributed by atoms with van der Waals surface area (Å²) in [6.07, 6.45) is 1.39. The minimum Gasteiger partial charge on any atom is -0.355 e. The van der Waals surface area contributed by atoms with Crippen LogP contribution in [0.5, 0.6) is 0 Å². The summed E-state index contributed by atoms with van der Waals surface area (Å²) < 4.78 is 18.6. The van der Waals surface area contributed by atoms with Gasteiger partial charge in [-0.15, -0.1) is 0 Å². The molecule has 1 aromatic rings. The summed E-state index contributed by atoms with van der Waals surface area (Å²) in [6, 6.07) is 9.64. The standard InChI is InChI=1S/C14H22N2O2S/c1-11(2)13(12-7-5-4-6-8-12)14(17)16-9-10-19(3,15)18/h4-8,11,13,15H,9-10H2,1-3H3,(H,16,17). The smallest absolute Gasteiger partial charge is 0.227 e. The van der Waals surface area contributed by atoms with Crippen molar-refractivity contribution in [3.05, 3.63) is 35.9 Å². The van der Waals surface area contributed by atoms with E-state index in [4.69, 9.17) is 4.78 Å². The first-order chi connectivity index (χ1) is 8.81. The van der Waals surface area contributed by atoms with Crippen LogP contribution >= 0.6 is 0 Å². The van der Waals surface area contributed by atoms with E-state index in [0.717, 1.165) is 5.56 Å². The van der Waals surface area contributed by atoms with E-state index < -0.39 is 9.73 Å².